The molecule has 1 aliphatic heterocycles. The van der Waals surface area contributed by atoms with Gasteiger partial charge in [0.15, 0.2) is 0 Å². The zero-order chi connectivity index (χ0) is 13.3. The lowest BCUT2D eigenvalue weighted by atomic mass is 10.2. The molecule has 0 bridgehead atoms. The molecule has 1 fully saturated rings. The van der Waals surface area contributed by atoms with E-state index >= 15 is 0 Å². The maximum absolute atomic E-state index is 5.78. The monoisotopic (exact) mass is 262 g/mol. The van der Waals surface area contributed by atoms with E-state index in [-0.39, 0.29) is 0 Å². The van der Waals surface area contributed by atoms with E-state index in [9.17, 15) is 0 Å². The van der Waals surface area contributed by atoms with Crippen molar-refractivity contribution in [3.8, 4) is 5.75 Å². The quantitative estimate of drug-likeness (QED) is 0.729. The molecule has 1 aromatic rings. The van der Waals surface area contributed by atoms with Crippen LogP contribution in [0.1, 0.15) is 26.2 Å². The van der Waals surface area contributed by atoms with Crippen molar-refractivity contribution in [2.45, 2.75) is 32.2 Å². The van der Waals surface area contributed by atoms with Crippen LogP contribution in [0.3, 0.4) is 0 Å². The highest BCUT2D eigenvalue weighted by Gasteiger charge is 2.23. The van der Waals surface area contributed by atoms with Crippen LogP contribution in [0.2, 0.25) is 0 Å². The SMILES string of the molecule is CCCNCC1CCCN1CCOc1ccccc1. The Hall–Kier alpha value is -1.06. The van der Waals surface area contributed by atoms with E-state index in [0.717, 1.165) is 32.0 Å². The summed E-state index contributed by atoms with van der Waals surface area (Å²) >= 11 is 0. The standard InChI is InChI=1S/C16H26N2O/c1-2-10-17-14-15-7-6-11-18(15)12-13-19-16-8-4-3-5-9-16/h3-5,8-9,15,17H,2,6-7,10-14H2,1H3. The first kappa shape index (κ1) is 14.4. The van der Waals surface area contributed by atoms with Gasteiger partial charge in [0.2, 0.25) is 0 Å². The second kappa shape index (κ2) is 8.18. The zero-order valence-corrected chi connectivity index (χ0v) is 12.0. The summed E-state index contributed by atoms with van der Waals surface area (Å²) in [4.78, 5) is 2.56. The van der Waals surface area contributed by atoms with E-state index in [2.05, 4.69) is 17.1 Å². The molecule has 3 heteroatoms. The van der Waals surface area contributed by atoms with Crippen LogP contribution in [0.25, 0.3) is 0 Å². The maximum Gasteiger partial charge on any atom is 0.119 e. The number of hydrogen-bond acceptors (Lipinski definition) is 3. The zero-order valence-electron chi connectivity index (χ0n) is 12.0. The molecule has 0 saturated carbocycles. The first-order valence-electron chi connectivity index (χ1n) is 7.52. The number of nitrogens with zero attached hydrogens (tertiary/aromatic N) is 1. The minimum absolute atomic E-state index is 0.700. The van der Waals surface area contributed by atoms with E-state index in [1.165, 1.54) is 25.8 Å². The second-order valence-corrected chi connectivity index (χ2v) is 5.20. The molecule has 1 unspecified atom stereocenters. The summed E-state index contributed by atoms with van der Waals surface area (Å²) in [5, 5.41) is 3.53. The average molecular weight is 262 g/mol. The van der Waals surface area contributed by atoms with Crippen LogP contribution in [-0.4, -0.2) is 43.7 Å². The number of ether oxygens (including phenoxy) is 1. The highest BCUT2D eigenvalue weighted by Crippen LogP contribution is 2.16. The van der Waals surface area contributed by atoms with Gasteiger partial charge < -0.3 is 10.1 Å². The highest BCUT2D eigenvalue weighted by atomic mass is 16.5. The molecule has 106 valence electrons. The van der Waals surface area contributed by atoms with Crippen molar-refractivity contribution >= 4 is 0 Å². The van der Waals surface area contributed by atoms with Crippen LogP contribution in [0, 0.1) is 0 Å². The van der Waals surface area contributed by atoms with Crippen LogP contribution in [0.15, 0.2) is 30.3 Å². The number of benzene rings is 1. The first-order chi connectivity index (χ1) is 9.40. The van der Waals surface area contributed by atoms with Gasteiger partial charge in [0.1, 0.15) is 12.4 Å². The van der Waals surface area contributed by atoms with Gasteiger partial charge in [0, 0.05) is 19.1 Å². The molecule has 1 heterocycles. The molecule has 0 aromatic heterocycles. The molecule has 0 aliphatic carbocycles. The molecule has 19 heavy (non-hydrogen) atoms. The smallest absolute Gasteiger partial charge is 0.119 e. The van der Waals surface area contributed by atoms with Gasteiger partial charge in [-0.05, 0) is 44.5 Å². The second-order valence-electron chi connectivity index (χ2n) is 5.20. The van der Waals surface area contributed by atoms with E-state index in [4.69, 9.17) is 4.74 Å². The summed E-state index contributed by atoms with van der Waals surface area (Å²) in [6.45, 7) is 7.51. The molecular formula is C16H26N2O. The average Bonchev–Trinajstić information content (AvgIpc) is 2.88. The Morgan fingerprint density at radius 2 is 2.16 bits per heavy atom. The van der Waals surface area contributed by atoms with Crippen LogP contribution >= 0.6 is 0 Å². The van der Waals surface area contributed by atoms with Crippen molar-refractivity contribution in [1.29, 1.82) is 0 Å². The lowest BCUT2D eigenvalue weighted by Crippen LogP contribution is -2.40. The van der Waals surface area contributed by atoms with Gasteiger partial charge in [-0.25, -0.2) is 0 Å². The number of rotatable bonds is 8. The van der Waals surface area contributed by atoms with Crippen molar-refractivity contribution in [2.75, 3.05) is 32.8 Å². The third-order valence-corrected chi connectivity index (χ3v) is 3.70. The molecule has 3 nitrogen and oxygen atoms in total. The van der Waals surface area contributed by atoms with Gasteiger partial charge in [0.25, 0.3) is 0 Å². The minimum Gasteiger partial charge on any atom is -0.492 e. The molecule has 1 N–H and O–H groups in total. The molecule has 0 spiro atoms. The molecule has 0 amide bonds. The molecule has 1 atom stereocenters. The van der Waals surface area contributed by atoms with Gasteiger partial charge >= 0.3 is 0 Å². The van der Waals surface area contributed by atoms with Crippen molar-refractivity contribution in [2.24, 2.45) is 0 Å². The minimum atomic E-state index is 0.700. The van der Waals surface area contributed by atoms with E-state index < -0.39 is 0 Å². The van der Waals surface area contributed by atoms with E-state index in [1.54, 1.807) is 0 Å². The predicted molar refractivity (Wildman–Crippen MR) is 79.7 cm³/mol. The maximum atomic E-state index is 5.78. The van der Waals surface area contributed by atoms with E-state index in [1.807, 2.05) is 30.3 Å². The van der Waals surface area contributed by atoms with Gasteiger partial charge in [0.05, 0.1) is 0 Å². The Labute approximate surface area is 116 Å². The molecular weight excluding hydrogens is 236 g/mol. The van der Waals surface area contributed by atoms with Crippen LogP contribution in [-0.2, 0) is 0 Å². The Kier molecular flexibility index (Phi) is 6.18. The topological polar surface area (TPSA) is 24.5 Å². The largest absolute Gasteiger partial charge is 0.492 e. The van der Waals surface area contributed by atoms with Crippen LogP contribution in [0.4, 0.5) is 0 Å². The summed E-state index contributed by atoms with van der Waals surface area (Å²) in [6.07, 6.45) is 3.86. The van der Waals surface area contributed by atoms with Gasteiger partial charge in [-0.1, -0.05) is 25.1 Å². The lowest BCUT2D eigenvalue weighted by Gasteiger charge is -2.24. The van der Waals surface area contributed by atoms with Crippen molar-refractivity contribution in [3.63, 3.8) is 0 Å². The summed E-state index contributed by atoms with van der Waals surface area (Å²) < 4.78 is 5.78. The first-order valence-corrected chi connectivity index (χ1v) is 7.52. The fourth-order valence-electron chi connectivity index (χ4n) is 2.66. The Morgan fingerprint density at radius 3 is 2.95 bits per heavy atom. The highest BCUT2D eigenvalue weighted by molar-refractivity contribution is 5.20. The van der Waals surface area contributed by atoms with Crippen molar-refractivity contribution in [3.05, 3.63) is 30.3 Å². The summed E-state index contributed by atoms with van der Waals surface area (Å²) in [5.41, 5.74) is 0. The summed E-state index contributed by atoms with van der Waals surface area (Å²) in [5.74, 6) is 0.974. The van der Waals surface area contributed by atoms with Crippen molar-refractivity contribution < 1.29 is 4.74 Å². The number of nitrogens with one attached hydrogen (secondary N) is 1. The number of hydrogen-bond donors (Lipinski definition) is 1. The molecule has 1 aromatic carbocycles. The molecule has 1 aliphatic rings. The van der Waals surface area contributed by atoms with Crippen LogP contribution < -0.4 is 10.1 Å². The number of para-hydroxylation sites is 1. The normalized spacial score (nSPS) is 19.7. The summed E-state index contributed by atoms with van der Waals surface area (Å²) in [6, 6.07) is 10.8. The molecule has 0 radical (unpaired) electrons. The third kappa shape index (κ3) is 4.84. The molecule has 2 rings (SSSR count). The third-order valence-electron chi connectivity index (χ3n) is 3.70. The van der Waals surface area contributed by atoms with Crippen LogP contribution in [0.5, 0.6) is 5.75 Å². The predicted octanol–water partition coefficient (Wildman–Crippen LogP) is 2.53. The summed E-state index contributed by atoms with van der Waals surface area (Å²) in [7, 11) is 0. The molecule has 1 saturated heterocycles. The van der Waals surface area contributed by atoms with Gasteiger partial charge in [-0.15, -0.1) is 0 Å². The number of likely N-dealkylation sites (tertiary alicyclic amines) is 1. The Bertz CT molecular complexity index is 342. The van der Waals surface area contributed by atoms with Crippen molar-refractivity contribution in [1.82, 2.24) is 10.2 Å². The fourth-order valence-corrected chi connectivity index (χ4v) is 2.66. The van der Waals surface area contributed by atoms with Gasteiger partial charge in [-0.3, -0.25) is 4.90 Å². The lowest BCUT2D eigenvalue weighted by molar-refractivity contribution is 0.194. The fraction of sp³-hybridized carbons (Fsp3) is 0.625. The van der Waals surface area contributed by atoms with E-state index in [0.29, 0.717) is 6.04 Å². The van der Waals surface area contributed by atoms with Gasteiger partial charge in [-0.2, -0.15) is 0 Å². The Morgan fingerprint density at radius 1 is 1.32 bits per heavy atom. The Balaban J connectivity index is 1.66.